The molecule has 1 atom stereocenters. The van der Waals surface area contributed by atoms with Crippen LogP contribution in [0.5, 0.6) is 0 Å². The quantitative estimate of drug-likeness (QED) is 0.692. The molecule has 0 spiro atoms. The topological polar surface area (TPSA) is 24.1 Å². The summed E-state index contributed by atoms with van der Waals surface area (Å²) >= 11 is 0. The second kappa shape index (κ2) is 4.20. The van der Waals surface area contributed by atoms with Crippen molar-refractivity contribution >= 4 is 0 Å². The van der Waals surface area contributed by atoms with Crippen molar-refractivity contribution in [2.45, 2.75) is 6.04 Å². The van der Waals surface area contributed by atoms with Gasteiger partial charge in [0.25, 0.3) is 0 Å². The average molecular weight is 216 g/mol. The van der Waals surface area contributed by atoms with Crippen LogP contribution in [0.25, 0.3) is 0 Å². The average Bonchev–Trinajstić information content (AvgIpc) is 2.26. The van der Waals surface area contributed by atoms with E-state index >= 15 is 0 Å². The summed E-state index contributed by atoms with van der Waals surface area (Å²) in [5.74, 6) is -2.83. The SMILES string of the molecule is Fc1ccc(F)c([C@H]2CNCCN2)c1F. The molecule has 0 amide bonds. The number of piperazine rings is 1. The normalized spacial score (nSPS) is 21.7. The molecule has 1 fully saturated rings. The number of hydrogen-bond donors (Lipinski definition) is 2. The number of rotatable bonds is 1. The van der Waals surface area contributed by atoms with Crippen molar-refractivity contribution in [3.8, 4) is 0 Å². The van der Waals surface area contributed by atoms with Gasteiger partial charge in [0.15, 0.2) is 11.6 Å². The standard InChI is InChI=1S/C10H11F3N2/c11-6-1-2-7(12)10(13)9(6)8-5-14-3-4-15-8/h1-2,8,14-15H,3-5H2/t8-/m1/s1. The molecule has 1 aromatic carbocycles. The molecule has 0 bridgehead atoms. The molecule has 1 saturated heterocycles. The van der Waals surface area contributed by atoms with E-state index in [-0.39, 0.29) is 5.56 Å². The molecule has 5 heteroatoms. The van der Waals surface area contributed by atoms with E-state index < -0.39 is 23.5 Å². The molecule has 1 aliphatic heterocycles. The number of hydrogen-bond acceptors (Lipinski definition) is 2. The van der Waals surface area contributed by atoms with Crippen molar-refractivity contribution < 1.29 is 13.2 Å². The predicted molar refractivity (Wildman–Crippen MR) is 49.9 cm³/mol. The van der Waals surface area contributed by atoms with Gasteiger partial charge in [0, 0.05) is 25.2 Å². The zero-order valence-corrected chi connectivity index (χ0v) is 7.99. The van der Waals surface area contributed by atoms with Crippen molar-refractivity contribution in [3.05, 3.63) is 35.1 Å². The van der Waals surface area contributed by atoms with Gasteiger partial charge in [-0.25, -0.2) is 13.2 Å². The van der Waals surface area contributed by atoms with Crippen molar-refractivity contribution in [2.24, 2.45) is 0 Å². The van der Waals surface area contributed by atoms with Crippen molar-refractivity contribution in [2.75, 3.05) is 19.6 Å². The Balaban J connectivity index is 2.36. The van der Waals surface area contributed by atoms with E-state index in [0.717, 1.165) is 18.7 Å². The molecule has 82 valence electrons. The summed E-state index contributed by atoms with van der Waals surface area (Å²) < 4.78 is 39.6. The highest BCUT2D eigenvalue weighted by molar-refractivity contribution is 5.25. The molecular formula is C10H11F3N2. The maximum absolute atomic E-state index is 13.4. The highest BCUT2D eigenvalue weighted by Crippen LogP contribution is 2.23. The van der Waals surface area contributed by atoms with E-state index in [2.05, 4.69) is 10.6 Å². The van der Waals surface area contributed by atoms with Gasteiger partial charge in [0.1, 0.15) is 5.82 Å². The summed E-state index contributed by atoms with van der Waals surface area (Å²) in [5, 5.41) is 5.92. The van der Waals surface area contributed by atoms with Gasteiger partial charge in [0.05, 0.1) is 6.04 Å². The Labute approximate surface area is 85.5 Å². The van der Waals surface area contributed by atoms with Crippen LogP contribution >= 0.6 is 0 Å². The summed E-state index contributed by atoms with van der Waals surface area (Å²) in [6.45, 7) is 1.76. The number of halogens is 3. The van der Waals surface area contributed by atoms with Gasteiger partial charge in [-0.15, -0.1) is 0 Å². The highest BCUT2D eigenvalue weighted by atomic mass is 19.2. The second-order valence-corrected chi connectivity index (χ2v) is 3.47. The van der Waals surface area contributed by atoms with Gasteiger partial charge >= 0.3 is 0 Å². The Kier molecular flexibility index (Phi) is 2.93. The third kappa shape index (κ3) is 1.98. The monoisotopic (exact) mass is 216 g/mol. The molecule has 2 N–H and O–H groups in total. The van der Waals surface area contributed by atoms with Crippen LogP contribution in [0.2, 0.25) is 0 Å². The first-order valence-corrected chi connectivity index (χ1v) is 4.77. The third-order valence-electron chi connectivity index (χ3n) is 2.47. The first-order valence-electron chi connectivity index (χ1n) is 4.77. The van der Waals surface area contributed by atoms with Crippen LogP contribution in [0.1, 0.15) is 11.6 Å². The Morgan fingerprint density at radius 3 is 2.47 bits per heavy atom. The van der Waals surface area contributed by atoms with Gasteiger partial charge in [-0.3, -0.25) is 0 Å². The minimum Gasteiger partial charge on any atom is -0.314 e. The molecule has 1 aliphatic rings. The molecule has 0 saturated carbocycles. The lowest BCUT2D eigenvalue weighted by Crippen LogP contribution is -2.43. The van der Waals surface area contributed by atoms with E-state index in [1.54, 1.807) is 0 Å². The van der Waals surface area contributed by atoms with Gasteiger partial charge in [-0.05, 0) is 12.1 Å². The smallest absolute Gasteiger partial charge is 0.166 e. The van der Waals surface area contributed by atoms with Crippen LogP contribution in [0.4, 0.5) is 13.2 Å². The lowest BCUT2D eigenvalue weighted by molar-refractivity contribution is 0.389. The lowest BCUT2D eigenvalue weighted by atomic mass is 10.0. The molecule has 1 heterocycles. The first kappa shape index (κ1) is 10.4. The molecule has 2 nitrogen and oxygen atoms in total. The van der Waals surface area contributed by atoms with Crippen LogP contribution < -0.4 is 10.6 Å². The van der Waals surface area contributed by atoms with Crippen LogP contribution in [0.15, 0.2) is 12.1 Å². The second-order valence-electron chi connectivity index (χ2n) is 3.47. The molecule has 1 aromatic rings. The minimum atomic E-state index is -1.10. The first-order chi connectivity index (χ1) is 7.20. The van der Waals surface area contributed by atoms with E-state index in [1.165, 1.54) is 0 Å². The summed E-state index contributed by atoms with van der Waals surface area (Å²) in [6.07, 6.45) is 0. The van der Waals surface area contributed by atoms with E-state index in [1.807, 2.05) is 0 Å². The van der Waals surface area contributed by atoms with E-state index in [9.17, 15) is 13.2 Å². The van der Waals surface area contributed by atoms with Crippen molar-refractivity contribution in [1.29, 1.82) is 0 Å². The van der Waals surface area contributed by atoms with E-state index in [4.69, 9.17) is 0 Å². The molecule has 15 heavy (non-hydrogen) atoms. The maximum atomic E-state index is 13.4. The number of benzene rings is 1. The predicted octanol–water partition coefficient (Wildman–Crippen LogP) is 1.34. The Morgan fingerprint density at radius 1 is 1.07 bits per heavy atom. The van der Waals surface area contributed by atoms with Crippen molar-refractivity contribution in [3.63, 3.8) is 0 Å². The van der Waals surface area contributed by atoms with Gasteiger partial charge in [-0.2, -0.15) is 0 Å². The molecule has 0 aromatic heterocycles. The van der Waals surface area contributed by atoms with Gasteiger partial charge < -0.3 is 10.6 Å². The minimum absolute atomic E-state index is 0.220. The highest BCUT2D eigenvalue weighted by Gasteiger charge is 2.23. The molecule has 0 unspecified atom stereocenters. The van der Waals surface area contributed by atoms with Gasteiger partial charge in [0.2, 0.25) is 0 Å². The number of nitrogens with one attached hydrogen (secondary N) is 2. The van der Waals surface area contributed by atoms with Crippen LogP contribution in [0, 0.1) is 17.5 Å². The fraction of sp³-hybridized carbons (Fsp3) is 0.400. The Morgan fingerprint density at radius 2 is 1.80 bits per heavy atom. The van der Waals surface area contributed by atoms with Crippen LogP contribution in [-0.4, -0.2) is 19.6 Å². The maximum Gasteiger partial charge on any atom is 0.166 e. The summed E-state index contributed by atoms with van der Waals surface area (Å²) in [7, 11) is 0. The molecular weight excluding hydrogens is 205 g/mol. The van der Waals surface area contributed by atoms with Crippen molar-refractivity contribution in [1.82, 2.24) is 10.6 Å². The third-order valence-corrected chi connectivity index (χ3v) is 2.47. The fourth-order valence-electron chi connectivity index (χ4n) is 1.72. The molecule has 0 aliphatic carbocycles. The molecule has 0 radical (unpaired) electrons. The van der Waals surface area contributed by atoms with Crippen LogP contribution in [0.3, 0.4) is 0 Å². The van der Waals surface area contributed by atoms with Gasteiger partial charge in [-0.1, -0.05) is 0 Å². The Bertz CT molecular complexity index is 362. The van der Waals surface area contributed by atoms with Crippen LogP contribution in [-0.2, 0) is 0 Å². The fourth-order valence-corrected chi connectivity index (χ4v) is 1.72. The summed E-state index contributed by atoms with van der Waals surface area (Å²) in [6, 6.07) is 1.24. The largest absolute Gasteiger partial charge is 0.314 e. The zero-order chi connectivity index (χ0) is 10.8. The lowest BCUT2D eigenvalue weighted by Gasteiger charge is -2.25. The Hall–Kier alpha value is -1.07. The van der Waals surface area contributed by atoms with E-state index in [0.29, 0.717) is 13.1 Å². The molecule has 2 rings (SSSR count). The summed E-state index contributed by atoms with van der Waals surface area (Å²) in [4.78, 5) is 0. The zero-order valence-electron chi connectivity index (χ0n) is 7.99. The summed E-state index contributed by atoms with van der Waals surface area (Å²) in [5.41, 5.74) is -0.220.